The van der Waals surface area contributed by atoms with E-state index in [2.05, 4.69) is 26.9 Å². The second-order valence-electron chi connectivity index (χ2n) is 15.1. The van der Waals surface area contributed by atoms with Crippen LogP contribution in [0.2, 0.25) is 0 Å². The van der Waals surface area contributed by atoms with Gasteiger partial charge in [0.25, 0.3) is 5.91 Å². The lowest BCUT2D eigenvalue weighted by atomic mass is 9.83. The van der Waals surface area contributed by atoms with E-state index in [1.165, 1.54) is 11.0 Å². The Morgan fingerprint density at radius 2 is 1.85 bits per heavy atom. The fraction of sp³-hybridized carbons (Fsp3) is 0.605. The number of benzene rings is 1. The number of pyridine rings is 1. The molecule has 0 spiro atoms. The summed E-state index contributed by atoms with van der Waals surface area (Å²) in [6.07, 6.45) is 10.3. The number of alkyl carbamates (subject to hydrolysis) is 1. The summed E-state index contributed by atoms with van der Waals surface area (Å²) >= 11 is 0. The van der Waals surface area contributed by atoms with E-state index < -0.39 is 68.7 Å². The molecule has 14 nitrogen and oxygen atoms in total. The van der Waals surface area contributed by atoms with Crippen molar-refractivity contribution in [3.8, 4) is 11.6 Å². The van der Waals surface area contributed by atoms with Crippen molar-refractivity contribution < 1.29 is 41.8 Å². The van der Waals surface area contributed by atoms with Crippen LogP contribution in [0, 0.1) is 11.8 Å². The molecule has 4 bridgehead atoms. The van der Waals surface area contributed by atoms with Crippen molar-refractivity contribution in [2.24, 2.45) is 11.8 Å². The van der Waals surface area contributed by atoms with Crippen molar-refractivity contribution in [3.63, 3.8) is 0 Å². The number of cyclic esters (lactones) is 1. The molecule has 3 heterocycles. The van der Waals surface area contributed by atoms with Crippen LogP contribution in [0.15, 0.2) is 37.1 Å². The highest BCUT2D eigenvalue weighted by atomic mass is 32.2. The molecule has 15 heteroatoms. The summed E-state index contributed by atoms with van der Waals surface area (Å²) < 4.78 is 45.5. The van der Waals surface area contributed by atoms with Gasteiger partial charge in [-0.2, -0.15) is 0 Å². The lowest BCUT2D eigenvalue weighted by Gasteiger charge is -2.34. The summed E-state index contributed by atoms with van der Waals surface area (Å²) in [5, 5.41) is 6.61. The highest BCUT2D eigenvalue weighted by molar-refractivity contribution is 7.91. The molecule has 1 saturated heterocycles. The molecule has 2 aromatic rings. The van der Waals surface area contributed by atoms with E-state index in [4.69, 9.17) is 14.2 Å². The summed E-state index contributed by atoms with van der Waals surface area (Å²) in [6.45, 7) is 4.00. The normalized spacial score (nSPS) is 28.5. The Morgan fingerprint density at radius 3 is 2.57 bits per heavy atom. The molecule has 3 aliphatic carbocycles. The number of hydrogen-bond acceptors (Lipinski definition) is 10. The number of sulfonamides is 1. The summed E-state index contributed by atoms with van der Waals surface area (Å²) in [7, 11) is -2.28. The second kappa shape index (κ2) is 15.2. The minimum atomic E-state index is -3.89. The van der Waals surface area contributed by atoms with E-state index in [9.17, 15) is 27.6 Å². The van der Waals surface area contributed by atoms with Crippen LogP contribution >= 0.6 is 0 Å². The van der Waals surface area contributed by atoms with Gasteiger partial charge in [-0.3, -0.25) is 19.1 Å². The quantitative estimate of drug-likeness (QED) is 0.337. The Balaban J connectivity index is 1.22. The van der Waals surface area contributed by atoms with Gasteiger partial charge in [-0.25, -0.2) is 18.2 Å². The maximum atomic E-state index is 14.7. The molecular weight excluding hydrogens is 703 g/mol. The first-order valence-electron chi connectivity index (χ1n) is 18.9. The average Bonchev–Trinajstić information content (AvgIpc) is 4.08. The number of ether oxygens (including phenoxy) is 3. The van der Waals surface area contributed by atoms with Crippen molar-refractivity contribution in [3.05, 3.63) is 42.6 Å². The van der Waals surface area contributed by atoms with E-state index in [0.29, 0.717) is 30.9 Å². The summed E-state index contributed by atoms with van der Waals surface area (Å²) in [4.78, 5) is 61.8. The summed E-state index contributed by atoms with van der Waals surface area (Å²) in [6, 6.07) is 3.82. The molecule has 5 aliphatic rings. The van der Waals surface area contributed by atoms with E-state index in [1.807, 2.05) is 18.2 Å². The topological polar surface area (TPSA) is 182 Å². The van der Waals surface area contributed by atoms with Gasteiger partial charge in [0.2, 0.25) is 27.7 Å². The SMILES string of the molecule is C=C[C@@H]1C[C@]1(NC(=O)[C@@H]1C[C@@H]2CN1C(=O)[C@H](C1CCCCC1)NC(=O)OCCCCCc1cc(OC)c3ccnc(c3c1)O2)C(=O)NS(=O)(=O)C1CC1. The monoisotopic (exact) mass is 751 g/mol. The third-order valence-electron chi connectivity index (χ3n) is 11.5. The molecule has 1 aromatic carbocycles. The molecule has 3 saturated carbocycles. The van der Waals surface area contributed by atoms with Crippen LogP contribution in [0.25, 0.3) is 10.8 Å². The standard InChI is InChI=1S/C38H49N5O9S/c1-3-25-21-38(25,36(46)42-53(48,49)27-13-14-27)41-33(44)30-20-26-22-43(30)35(45)32(24-11-7-4-8-12-24)40-37(47)51-17-9-5-6-10-23-18-29-28(31(19-23)50-2)15-16-39-34(29)52-26/h3,15-16,18-19,24-27,30,32H,1,4-14,17,20-22H2,2H3,(H,40,47)(H,41,44)(H,42,46)/t25-,26-,30+,32+,38-/m1/s1. The molecule has 5 atom stereocenters. The Hall–Kier alpha value is -4.40. The molecule has 53 heavy (non-hydrogen) atoms. The minimum Gasteiger partial charge on any atom is -0.496 e. The van der Waals surface area contributed by atoms with Gasteiger partial charge in [0, 0.05) is 29.3 Å². The predicted octanol–water partition coefficient (Wildman–Crippen LogP) is 3.66. The smallest absolute Gasteiger partial charge is 0.407 e. The van der Waals surface area contributed by atoms with Crippen LogP contribution in [0.1, 0.15) is 82.6 Å². The number of hydrogen-bond donors (Lipinski definition) is 3. The first-order chi connectivity index (χ1) is 25.5. The molecule has 4 fully saturated rings. The zero-order valence-corrected chi connectivity index (χ0v) is 31.0. The van der Waals surface area contributed by atoms with Crippen molar-refractivity contribution >= 4 is 44.6 Å². The zero-order chi connectivity index (χ0) is 37.3. The van der Waals surface area contributed by atoms with Gasteiger partial charge in [-0.1, -0.05) is 25.3 Å². The number of carbonyl (C=O) groups excluding carboxylic acids is 4. The van der Waals surface area contributed by atoms with Crippen LogP contribution < -0.4 is 24.8 Å². The van der Waals surface area contributed by atoms with Gasteiger partial charge in [-0.15, -0.1) is 6.58 Å². The molecule has 0 radical (unpaired) electrons. The molecule has 4 amide bonds. The van der Waals surface area contributed by atoms with Gasteiger partial charge in [0.05, 0.1) is 25.5 Å². The van der Waals surface area contributed by atoms with Crippen LogP contribution in [0.3, 0.4) is 0 Å². The van der Waals surface area contributed by atoms with E-state index >= 15 is 0 Å². The zero-order valence-electron chi connectivity index (χ0n) is 30.1. The van der Waals surface area contributed by atoms with E-state index in [-0.39, 0.29) is 31.9 Å². The molecule has 7 rings (SSSR count). The van der Waals surface area contributed by atoms with Crippen LogP contribution in [0.4, 0.5) is 4.79 Å². The number of aryl methyl sites for hydroxylation is 1. The number of aromatic nitrogens is 1. The van der Waals surface area contributed by atoms with Gasteiger partial charge >= 0.3 is 6.09 Å². The van der Waals surface area contributed by atoms with Gasteiger partial charge in [0.1, 0.15) is 29.5 Å². The van der Waals surface area contributed by atoms with Gasteiger partial charge in [-0.05, 0) is 87.5 Å². The third-order valence-corrected chi connectivity index (χ3v) is 13.3. The van der Waals surface area contributed by atoms with E-state index in [1.54, 1.807) is 13.3 Å². The van der Waals surface area contributed by atoms with Crippen molar-refractivity contribution in [2.45, 2.75) is 112 Å². The maximum absolute atomic E-state index is 14.7. The Kier molecular flexibility index (Phi) is 10.6. The Labute approximate surface area is 309 Å². The van der Waals surface area contributed by atoms with Crippen molar-refractivity contribution in [1.82, 2.24) is 25.2 Å². The highest BCUT2D eigenvalue weighted by Crippen LogP contribution is 2.46. The number of carbonyl (C=O) groups is 4. The highest BCUT2D eigenvalue weighted by Gasteiger charge is 2.62. The van der Waals surface area contributed by atoms with Gasteiger partial charge in [0.15, 0.2) is 0 Å². The van der Waals surface area contributed by atoms with Crippen molar-refractivity contribution in [1.29, 1.82) is 0 Å². The number of nitrogens with zero attached hydrogens (tertiary/aromatic N) is 2. The number of fused-ring (bicyclic) bond motifs is 3. The van der Waals surface area contributed by atoms with Gasteiger partial charge < -0.3 is 29.7 Å². The van der Waals surface area contributed by atoms with Crippen LogP contribution in [-0.4, -0.2) is 91.4 Å². The Bertz CT molecular complexity index is 1880. The van der Waals surface area contributed by atoms with Crippen LogP contribution in [-0.2, 0) is 35.6 Å². The first-order valence-corrected chi connectivity index (χ1v) is 20.4. The largest absolute Gasteiger partial charge is 0.496 e. The lowest BCUT2D eigenvalue weighted by molar-refractivity contribution is -0.142. The van der Waals surface area contributed by atoms with E-state index in [0.717, 1.165) is 67.7 Å². The summed E-state index contributed by atoms with van der Waals surface area (Å²) in [5.41, 5.74) is -0.508. The molecule has 286 valence electrons. The first kappa shape index (κ1) is 36.9. The Morgan fingerprint density at radius 1 is 1.08 bits per heavy atom. The average molecular weight is 752 g/mol. The number of amides is 4. The molecule has 2 aliphatic heterocycles. The number of nitrogens with one attached hydrogen (secondary N) is 3. The second-order valence-corrected chi connectivity index (χ2v) is 17.1. The predicted molar refractivity (Wildman–Crippen MR) is 194 cm³/mol. The molecule has 1 aromatic heterocycles. The number of methoxy groups -OCH3 is 1. The minimum absolute atomic E-state index is 0.00586. The van der Waals surface area contributed by atoms with Crippen molar-refractivity contribution in [2.75, 3.05) is 20.3 Å². The van der Waals surface area contributed by atoms with Crippen LogP contribution in [0.5, 0.6) is 11.6 Å². The fourth-order valence-corrected chi connectivity index (χ4v) is 9.57. The summed E-state index contributed by atoms with van der Waals surface area (Å²) in [5.74, 6) is -1.55. The fourth-order valence-electron chi connectivity index (χ4n) is 8.21. The number of rotatable bonds is 8. The molecule has 3 N–H and O–H groups in total. The maximum Gasteiger partial charge on any atom is 0.407 e. The molecule has 0 unspecified atom stereocenters. The lowest BCUT2D eigenvalue weighted by Crippen LogP contribution is -2.59. The molecular formula is C38H49N5O9S. The third kappa shape index (κ3) is 7.81.